The zero-order chi connectivity index (χ0) is 12.0. The van der Waals surface area contributed by atoms with E-state index in [1.54, 1.807) is 12.1 Å². The summed E-state index contributed by atoms with van der Waals surface area (Å²) in [5, 5.41) is 0.318. The molecule has 0 bridgehead atoms. The monoisotopic (exact) mass is 253 g/mol. The van der Waals surface area contributed by atoms with Crippen LogP contribution in [-0.2, 0) is 11.3 Å². The molecule has 0 aliphatic carbocycles. The van der Waals surface area contributed by atoms with Crippen molar-refractivity contribution in [3.63, 3.8) is 0 Å². The van der Waals surface area contributed by atoms with Crippen LogP contribution in [-0.4, -0.2) is 17.8 Å². The van der Waals surface area contributed by atoms with Crippen molar-refractivity contribution in [3.05, 3.63) is 29.0 Å². The lowest BCUT2D eigenvalue weighted by molar-refractivity contribution is -0.138. The normalized spacial score (nSPS) is 11.8. The van der Waals surface area contributed by atoms with Gasteiger partial charge in [0, 0.05) is 24.8 Å². The zero-order valence-electron chi connectivity index (χ0n) is 8.43. The quantitative estimate of drug-likeness (QED) is 0.591. The first kappa shape index (κ1) is 13.3. The zero-order valence-corrected chi connectivity index (χ0v) is 9.18. The summed E-state index contributed by atoms with van der Waals surface area (Å²) in [6.45, 7) is 0.245. The molecule has 0 saturated carbocycles. The molecular formula is C10H11ClF3NO. The molecule has 0 spiro atoms. The van der Waals surface area contributed by atoms with Crippen molar-refractivity contribution in [2.45, 2.75) is 25.6 Å². The Morgan fingerprint density at radius 2 is 2.12 bits per heavy atom. The fourth-order valence-corrected chi connectivity index (χ4v) is 1.26. The van der Waals surface area contributed by atoms with Crippen LogP contribution < -0.4 is 0 Å². The second-order valence-electron chi connectivity index (χ2n) is 3.22. The van der Waals surface area contributed by atoms with Crippen LogP contribution in [0.1, 0.15) is 18.4 Å². The molecular weight excluding hydrogens is 243 g/mol. The van der Waals surface area contributed by atoms with Crippen LogP contribution in [0.3, 0.4) is 0 Å². The van der Waals surface area contributed by atoms with Crippen LogP contribution in [0.2, 0.25) is 5.15 Å². The summed E-state index contributed by atoms with van der Waals surface area (Å²) in [4.78, 5) is 3.82. The highest BCUT2D eigenvalue weighted by Gasteiger charge is 2.25. The van der Waals surface area contributed by atoms with Crippen LogP contribution in [0.15, 0.2) is 18.3 Å². The molecule has 0 fully saturated rings. The number of alkyl halides is 3. The van der Waals surface area contributed by atoms with E-state index in [4.69, 9.17) is 16.3 Å². The van der Waals surface area contributed by atoms with Gasteiger partial charge < -0.3 is 4.74 Å². The molecule has 2 nitrogen and oxygen atoms in total. The van der Waals surface area contributed by atoms with Gasteiger partial charge in [-0.15, -0.1) is 0 Å². The summed E-state index contributed by atoms with van der Waals surface area (Å²) in [6, 6.07) is 3.42. The maximum atomic E-state index is 11.8. The van der Waals surface area contributed by atoms with Gasteiger partial charge in [-0.25, -0.2) is 4.98 Å². The molecule has 1 heterocycles. The Morgan fingerprint density at radius 1 is 1.38 bits per heavy atom. The molecule has 90 valence electrons. The van der Waals surface area contributed by atoms with Gasteiger partial charge in [-0.1, -0.05) is 17.7 Å². The molecule has 1 aromatic heterocycles. The smallest absolute Gasteiger partial charge is 0.377 e. The molecule has 6 heteroatoms. The van der Waals surface area contributed by atoms with Crippen molar-refractivity contribution in [2.24, 2.45) is 0 Å². The van der Waals surface area contributed by atoms with Crippen molar-refractivity contribution in [3.8, 4) is 0 Å². The number of hydrogen-bond donors (Lipinski definition) is 0. The first-order valence-electron chi connectivity index (χ1n) is 4.73. The first-order valence-corrected chi connectivity index (χ1v) is 5.11. The summed E-state index contributed by atoms with van der Waals surface area (Å²) in [5.74, 6) is 0. The van der Waals surface area contributed by atoms with E-state index in [0.717, 1.165) is 0 Å². The van der Waals surface area contributed by atoms with Crippen molar-refractivity contribution < 1.29 is 17.9 Å². The van der Waals surface area contributed by atoms with Gasteiger partial charge in [0.1, 0.15) is 5.15 Å². The number of rotatable bonds is 5. The fourth-order valence-electron chi connectivity index (χ4n) is 1.08. The average Bonchev–Trinajstić information content (AvgIpc) is 2.18. The molecule has 1 rings (SSSR count). The number of aromatic nitrogens is 1. The van der Waals surface area contributed by atoms with E-state index in [9.17, 15) is 13.2 Å². The minimum Gasteiger partial charge on any atom is -0.377 e. The van der Waals surface area contributed by atoms with Gasteiger partial charge in [0.15, 0.2) is 0 Å². The largest absolute Gasteiger partial charge is 0.389 e. The van der Waals surface area contributed by atoms with Crippen LogP contribution in [0.5, 0.6) is 0 Å². The van der Waals surface area contributed by atoms with E-state index in [1.807, 2.05) is 0 Å². The summed E-state index contributed by atoms with van der Waals surface area (Å²) in [7, 11) is 0. The molecule has 1 aromatic rings. The molecule has 0 aliphatic heterocycles. The minimum atomic E-state index is -4.12. The third-order valence-corrected chi connectivity index (χ3v) is 2.18. The number of halogens is 4. The van der Waals surface area contributed by atoms with Crippen molar-refractivity contribution >= 4 is 11.6 Å². The lowest BCUT2D eigenvalue weighted by atomic mass is 10.3. The van der Waals surface area contributed by atoms with Crippen molar-refractivity contribution in [1.29, 1.82) is 0 Å². The van der Waals surface area contributed by atoms with E-state index in [0.29, 0.717) is 10.7 Å². The molecule has 0 radical (unpaired) electrons. The van der Waals surface area contributed by atoms with E-state index >= 15 is 0 Å². The van der Waals surface area contributed by atoms with E-state index in [-0.39, 0.29) is 19.6 Å². The predicted molar refractivity (Wildman–Crippen MR) is 54.2 cm³/mol. The summed E-state index contributed by atoms with van der Waals surface area (Å²) in [5.41, 5.74) is 0.677. The Labute approximate surface area is 96.4 Å². The first-order chi connectivity index (χ1) is 7.49. The minimum absolute atomic E-state index is 0.0403. The highest BCUT2D eigenvalue weighted by molar-refractivity contribution is 6.30. The van der Waals surface area contributed by atoms with E-state index in [2.05, 4.69) is 4.98 Å². The second kappa shape index (κ2) is 6.06. The Morgan fingerprint density at radius 3 is 2.75 bits per heavy atom. The molecule has 0 unspecified atom stereocenters. The highest BCUT2D eigenvalue weighted by atomic mass is 35.5. The highest BCUT2D eigenvalue weighted by Crippen LogP contribution is 2.21. The van der Waals surface area contributed by atoms with Gasteiger partial charge in [0.25, 0.3) is 0 Å². The van der Waals surface area contributed by atoms with E-state index in [1.165, 1.54) is 6.20 Å². The topological polar surface area (TPSA) is 22.1 Å². The number of pyridine rings is 1. The van der Waals surface area contributed by atoms with Gasteiger partial charge in [-0.3, -0.25) is 0 Å². The van der Waals surface area contributed by atoms with Crippen LogP contribution >= 0.6 is 11.6 Å². The Kier molecular flexibility index (Phi) is 5.02. The Bertz CT molecular complexity index is 330. The molecule has 16 heavy (non-hydrogen) atoms. The second-order valence-corrected chi connectivity index (χ2v) is 3.58. The van der Waals surface area contributed by atoms with Crippen molar-refractivity contribution in [1.82, 2.24) is 4.98 Å². The average molecular weight is 254 g/mol. The maximum Gasteiger partial charge on any atom is 0.389 e. The van der Waals surface area contributed by atoms with E-state index < -0.39 is 12.6 Å². The summed E-state index contributed by atoms with van der Waals surface area (Å²) in [6.07, 6.45) is -3.44. The number of ether oxygens (including phenoxy) is 1. The SMILES string of the molecule is FC(F)(F)CCCOCc1cccnc1Cl. The molecule has 0 aliphatic rings. The van der Waals surface area contributed by atoms with Gasteiger partial charge >= 0.3 is 6.18 Å². The third kappa shape index (κ3) is 5.32. The van der Waals surface area contributed by atoms with Gasteiger partial charge in [-0.2, -0.15) is 13.2 Å². The van der Waals surface area contributed by atoms with Gasteiger partial charge in [-0.05, 0) is 12.5 Å². The van der Waals surface area contributed by atoms with Gasteiger partial charge in [0.2, 0.25) is 0 Å². The molecule has 0 saturated heterocycles. The maximum absolute atomic E-state index is 11.8. The van der Waals surface area contributed by atoms with Crippen molar-refractivity contribution in [2.75, 3.05) is 6.61 Å². The number of nitrogens with zero attached hydrogens (tertiary/aromatic N) is 1. The molecule has 0 aromatic carbocycles. The van der Waals surface area contributed by atoms with Crippen LogP contribution in [0.25, 0.3) is 0 Å². The van der Waals surface area contributed by atoms with Crippen LogP contribution in [0, 0.1) is 0 Å². The standard InChI is InChI=1S/C10H11ClF3NO/c11-9-8(3-1-5-15-9)7-16-6-2-4-10(12,13)14/h1,3,5H,2,4,6-7H2. The lowest BCUT2D eigenvalue weighted by Gasteiger charge is -2.07. The Balaban J connectivity index is 2.19. The summed E-state index contributed by atoms with van der Waals surface area (Å²) >= 11 is 5.74. The lowest BCUT2D eigenvalue weighted by Crippen LogP contribution is -2.08. The fraction of sp³-hybridized carbons (Fsp3) is 0.500. The molecule has 0 N–H and O–H groups in total. The van der Waals surface area contributed by atoms with Gasteiger partial charge in [0.05, 0.1) is 6.61 Å². The summed E-state index contributed by atoms with van der Waals surface area (Å²) < 4.78 is 40.4. The third-order valence-electron chi connectivity index (χ3n) is 1.84. The van der Waals surface area contributed by atoms with Crippen LogP contribution in [0.4, 0.5) is 13.2 Å². The molecule has 0 atom stereocenters. The molecule has 0 amide bonds. The number of hydrogen-bond acceptors (Lipinski definition) is 2. The predicted octanol–water partition coefficient (Wildman–Crippen LogP) is 3.59. The Hall–Kier alpha value is -0.810.